The van der Waals surface area contributed by atoms with Gasteiger partial charge in [0.05, 0.1) is 6.04 Å². The summed E-state index contributed by atoms with van der Waals surface area (Å²) in [5.41, 5.74) is 12.7. The van der Waals surface area contributed by atoms with Gasteiger partial charge < -0.3 is 11.1 Å². The number of carbonyl (C=O) groups is 1. The van der Waals surface area contributed by atoms with Crippen molar-refractivity contribution >= 4 is 11.6 Å². The third kappa shape index (κ3) is 4.35. The van der Waals surface area contributed by atoms with E-state index in [1.54, 1.807) is 0 Å². The normalized spacial score (nSPS) is 16.0. The average Bonchev–Trinajstić information content (AvgIpc) is 2.69. The van der Waals surface area contributed by atoms with E-state index in [9.17, 15) is 4.79 Å². The Bertz CT molecular complexity index is 797. The highest BCUT2D eigenvalue weighted by Gasteiger charge is 2.23. The van der Waals surface area contributed by atoms with Gasteiger partial charge in [-0.1, -0.05) is 57.0 Å². The van der Waals surface area contributed by atoms with E-state index in [1.165, 1.54) is 42.4 Å². The molecule has 0 bridgehead atoms. The molecule has 27 heavy (non-hydrogen) atoms. The van der Waals surface area contributed by atoms with Gasteiger partial charge in [0.1, 0.15) is 0 Å². The van der Waals surface area contributed by atoms with Crippen molar-refractivity contribution in [3.63, 3.8) is 0 Å². The van der Waals surface area contributed by atoms with Crippen LogP contribution in [0.1, 0.15) is 84.6 Å². The summed E-state index contributed by atoms with van der Waals surface area (Å²) in [6.45, 7) is 4.34. The molecule has 0 fully saturated rings. The number of primary amides is 1. The van der Waals surface area contributed by atoms with E-state index in [1.807, 2.05) is 6.07 Å². The number of rotatable bonds is 8. The number of anilines is 1. The molecule has 2 aromatic carbocycles. The Labute approximate surface area is 163 Å². The van der Waals surface area contributed by atoms with Crippen LogP contribution in [-0.2, 0) is 19.3 Å². The number of hydrogen-bond acceptors (Lipinski definition) is 2. The topological polar surface area (TPSA) is 55.1 Å². The van der Waals surface area contributed by atoms with Crippen LogP contribution in [0.15, 0.2) is 36.4 Å². The predicted octanol–water partition coefficient (Wildman–Crippen LogP) is 5.57. The second-order valence-corrected chi connectivity index (χ2v) is 7.59. The van der Waals surface area contributed by atoms with E-state index >= 15 is 0 Å². The summed E-state index contributed by atoms with van der Waals surface area (Å²) < 4.78 is 0. The van der Waals surface area contributed by atoms with Crippen LogP contribution in [0.3, 0.4) is 0 Å². The van der Waals surface area contributed by atoms with E-state index in [0.29, 0.717) is 11.6 Å². The Morgan fingerprint density at radius 2 is 1.96 bits per heavy atom. The number of carbonyl (C=O) groups excluding carboxylic acids is 1. The lowest BCUT2D eigenvalue weighted by molar-refractivity contribution is 0.0999. The minimum absolute atomic E-state index is 0.299. The van der Waals surface area contributed by atoms with Crippen molar-refractivity contribution < 1.29 is 4.79 Å². The third-order valence-corrected chi connectivity index (χ3v) is 5.76. The summed E-state index contributed by atoms with van der Waals surface area (Å²) in [6.07, 6.45) is 8.91. The molecule has 3 heteroatoms. The predicted molar refractivity (Wildman–Crippen MR) is 113 cm³/mol. The quantitative estimate of drug-likeness (QED) is 0.602. The Morgan fingerprint density at radius 3 is 2.70 bits per heavy atom. The molecule has 1 aliphatic carbocycles. The van der Waals surface area contributed by atoms with E-state index < -0.39 is 0 Å². The molecule has 0 spiro atoms. The molecule has 1 unspecified atom stereocenters. The monoisotopic (exact) mass is 364 g/mol. The molecule has 0 saturated heterocycles. The third-order valence-electron chi connectivity index (χ3n) is 5.76. The maximum Gasteiger partial charge on any atom is 0.249 e. The molecule has 3 nitrogen and oxygen atoms in total. The molecular formula is C24H32N2O. The van der Waals surface area contributed by atoms with Crippen molar-refractivity contribution in [2.45, 2.75) is 71.3 Å². The first-order valence-corrected chi connectivity index (χ1v) is 10.4. The number of unbranched alkanes of at least 4 members (excludes halogenated alkanes) is 2. The van der Waals surface area contributed by atoms with Crippen molar-refractivity contribution in [2.24, 2.45) is 5.73 Å². The summed E-state index contributed by atoms with van der Waals surface area (Å²) >= 11 is 0. The van der Waals surface area contributed by atoms with E-state index in [0.717, 1.165) is 36.9 Å². The lowest BCUT2D eigenvalue weighted by Gasteiger charge is -2.30. The number of fused-ring (bicyclic) bond motifs is 1. The van der Waals surface area contributed by atoms with Gasteiger partial charge in [0.2, 0.25) is 5.91 Å². The number of benzene rings is 2. The fourth-order valence-electron chi connectivity index (χ4n) is 4.33. The second-order valence-electron chi connectivity index (χ2n) is 7.59. The highest BCUT2D eigenvalue weighted by molar-refractivity contribution is 5.96. The smallest absolute Gasteiger partial charge is 0.249 e. The lowest BCUT2D eigenvalue weighted by Crippen LogP contribution is -2.21. The van der Waals surface area contributed by atoms with Crippen LogP contribution in [0.2, 0.25) is 0 Å². The van der Waals surface area contributed by atoms with Gasteiger partial charge in [0, 0.05) is 11.3 Å². The summed E-state index contributed by atoms with van der Waals surface area (Å²) in [6, 6.07) is 13.1. The summed E-state index contributed by atoms with van der Waals surface area (Å²) in [7, 11) is 0. The van der Waals surface area contributed by atoms with Gasteiger partial charge in [-0.3, -0.25) is 4.79 Å². The Hall–Kier alpha value is -2.29. The van der Waals surface area contributed by atoms with Crippen LogP contribution in [0.5, 0.6) is 0 Å². The molecule has 1 aliphatic rings. The van der Waals surface area contributed by atoms with Crippen LogP contribution < -0.4 is 11.1 Å². The van der Waals surface area contributed by atoms with Gasteiger partial charge in [-0.15, -0.1) is 0 Å². The highest BCUT2D eigenvalue weighted by Crippen LogP contribution is 2.36. The first-order chi connectivity index (χ1) is 13.2. The van der Waals surface area contributed by atoms with Gasteiger partial charge in [0.15, 0.2) is 0 Å². The molecule has 0 aliphatic heterocycles. The van der Waals surface area contributed by atoms with E-state index in [2.05, 4.69) is 49.5 Å². The summed E-state index contributed by atoms with van der Waals surface area (Å²) in [4.78, 5) is 12.0. The van der Waals surface area contributed by atoms with Gasteiger partial charge >= 0.3 is 0 Å². The fraction of sp³-hybridized carbons (Fsp3) is 0.458. The Morgan fingerprint density at radius 1 is 1.15 bits per heavy atom. The first-order valence-electron chi connectivity index (χ1n) is 10.4. The molecule has 3 N–H and O–H groups in total. The van der Waals surface area contributed by atoms with Gasteiger partial charge in [0.25, 0.3) is 0 Å². The maximum atomic E-state index is 12.0. The number of nitrogens with one attached hydrogen (secondary N) is 1. The number of nitrogens with two attached hydrogens (primary N) is 1. The van der Waals surface area contributed by atoms with Crippen LogP contribution >= 0.6 is 0 Å². The summed E-state index contributed by atoms with van der Waals surface area (Å²) in [5, 5.41) is 3.84. The molecule has 0 aromatic heterocycles. The van der Waals surface area contributed by atoms with Crippen molar-refractivity contribution in [1.82, 2.24) is 0 Å². The minimum Gasteiger partial charge on any atom is -0.378 e. The van der Waals surface area contributed by atoms with Crippen LogP contribution in [0.25, 0.3) is 0 Å². The molecule has 1 amide bonds. The SMILES string of the molecule is CCCCCc1ccc(C(N)=O)c(CC)c1NC1CCCc2ccccc21. The molecule has 2 aromatic rings. The first kappa shape index (κ1) is 19.5. The molecule has 144 valence electrons. The second kappa shape index (κ2) is 9.07. The van der Waals surface area contributed by atoms with Crippen LogP contribution in [-0.4, -0.2) is 5.91 Å². The molecule has 0 heterocycles. The van der Waals surface area contributed by atoms with Crippen LogP contribution in [0, 0.1) is 0 Å². The highest BCUT2D eigenvalue weighted by atomic mass is 16.1. The molecule has 0 radical (unpaired) electrons. The molecule has 0 saturated carbocycles. The van der Waals surface area contributed by atoms with Gasteiger partial charge in [-0.25, -0.2) is 0 Å². The van der Waals surface area contributed by atoms with Crippen molar-refractivity contribution in [1.29, 1.82) is 0 Å². The zero-order chi connectivity index (χ0) is 19.2. The van der Waals surface area contributed by atoms with Crippen LogP contribution in [0.4, 0.5) is 5.69 Å². The average molecular weight is 365 g/mol. The zero-order valence-corrected chi connectivity index (χ0v) is 16.7. The number of amides is 1. The largest absolute Gasteiger partial charge is 0.378 e. The Kier molecular flexibility index (Phi) is 6.54. The van der Waals surface area contributed by atoms with Crippen molar-refractivity contribution in [2.75, 3.05) is 5.32 Å². The molecular weight excluding hydrogens is 332 g/mol. The number of aryl methyl sites for hydroxylation is 2. The Balaban J connectivity index is 1.99. The van der Waals surface area contributed by atoms with E-state index in [-0.39, 0.29) is 5.91 Å². The minimum atomic E-state index is -0.334. The molecule has 1 atom stereocenters. The summed E-state index contributed by atoms with van der Waals surface area (Å²) in [5.74, 6) is -0.334. The lowest BCUT2D eigenvalue weighted by atomic mass is 9.86. The zero-order valence-electron chi connectivity index (χ0n) is 16.7. The van der Waals surface area contributed by atoms with Crippen molar-refractivity contribution in [3.8, 4) is 0 Å². The maximum absolute atomic E-state index is 12.0. The van der Waals surface area contributed by atoms with Crippen molar-refractivity contribution in [3.05, 3.63) is 64.2 Å². The fourth-order valence-corrected chi connectivity index (χ4v) is 4.33. The van der Waals surface area contributed by atoms with Gasteiger partial charge in [-0.2, -0.15) is 0 Å². The number of hydrogen-bond donors (Lipinski definition) is 2. The molecule has 3 rings (SSSR count). The van der Waals surface area contributed by atoms with E-state index in [4.69, 9.17) is 5.73 Å². The van der Waals surface area contributed by atoms with Gasteiger partial charge in [-0.05, 0) is 66.8 Å². The standard InChI is InChI=1S/C24H32N2O/c1-3-5-6-11-18-15-16-21(24(25)27)19(4-2)23(18)26-22-14-9-12-17-10-7-8-13-20(17)22/h7-8,10,13,15-16,22,26H,3-6,9,11-12,14H2,1-2H3,(H2,25,27).